The molecule has 0 heterocycles. The van der Waals surface area contributed by atoms with Crippen molar-refractivity contribution >= 4 is 0 Å². The molecule has 0 bridgehead atoms. The van der Waals surface area contributed by atoms with E-state index in [0.717, 1.165) is 0 Å². The predicted molar refractivity (Wildman–Crippen MR) is 10.5 cm³/mol. The van der Waals surface area contributed by atoms with Gasteiger partial charge in [0, 0.05) is 0 Å². The number of hydrogen-bond acceptors (Lipinski definition) is 2. The molecular weight excluding hydrogens is 121 g/mol. The first-order valence-corrected chi connectivity index (χ1v) is 0.512. The Labute approximate surface area is 42.8 Å². The summed E-state index contributed by atoms with van der Waals surface area (Å²) in [7, 11) is 0. The van der Waals surface area contributed by atoms with Crippen LogP contribution in [0.5, 0.6) is 0 Å². The molecule has 2 N–H and O–H groups in total. The summed E-state index contributed by atoms with van der Waals surface area (Å²) in [5.74, 6) is 0. The molecule has 4 heteroatoms. The summed E-state index contributed by atoms with van der Waals surface area (Å²) in [6.45, 7) is 0. The van der Waals surface area contributed by atoms with Crippen LogP contribution in [0.25, 0.3) is 0 Å². The van der Waals surface area contributed by atoms with Gasteiger partial charge in [-0.2, -0.15) is 5.26 Å². The van der Waals surface area contributed by atoms with Gasteiger partial charge in [0.05, 0.1) is 0 Å². The second-order valence-corrected chi connectivity index (χ2v) is 0.129. The van der Waals surface area contributed by atoms with Crippen LogP contribution in [0, 0.1) is 11.5 Å². The third kappa shape index (κ3) is 848. The van der Waals surface area contributed by atoms with Crippen molar-refractivity contribution in [2.75, 3.05) is 0 Å². The van der Waals surface area contributed by atoms with E-state index in [2.05, 4.69) is 5.73 Å². The predicted octanol–water partition coefficient (Wildman–Crippen LogP) is -0.695. The summed E-state index contributed by atoms with van der Waals surface area (Å²) in [6.07, 6.45) is 1.25. The molecule has 0 saturated carbocycles. The summed E-state index contributed by atoms with van der Waals surface area (Å²) in [4.78, 5) is 0. The molecule has 5 heavy (non-hydrogen) atoms. The maximum Gasteiger partial charge on any atom is 2.00 e. The van der Waals surface area contributed by atoms with Crippen molar-refractivity contribution < 1.29 is 25.0 Å². The van der Waals surface area contributed by atoms with Gasteiger partial charge in [-0.25, -0.2) is 0 Å². The molecule has 0 aromatic rings. The maximum atomic E-state index is 7.10. The van der Waals surface area contributed by atoms with Gasteiger partial charge in [-0.05, 0) is 0 Å². The van der Waals surface area contributed by atoms with E-state index in [0.29, 0.717) is 0 Å². The van der Waals surface area contributed by atoms with Crippen LogP contribution in [0.15, 0.2) is 0 Å². The molecular formula is CH2N2OZn. The Kier molecular flexibility index (Phi) is 175. The van der Waals surface area contributed by atoms with E-state index in [1.165, 1.54) is 6.19 Å². The van der Waals surface area contributed by atoms with E-state index < -0.39 is 0 Å². The largest absolute Gasteiger partial charge is 2.00 e. The van der Waals surface area contributed by atoms with Gasteiger partial charge in [0.2, 0.25) is 0 Å². The first-order valence-electron chi connectivity index (χ1n) is 0.512. The van der Waals surface area contributed by atoms with Gasteiger partial charge in [0.1, 0.15) is 0 Å². The van der Waals surface area contributed by atoms with Gasteiger partial charge in [0.25, 0.3) is 0 Å². The van der Waals surface area contributed by atoms with Crippen LogP contribution in [-0.2, 0) is 25.0 Å². The van der Waals surface area contributed by atoms with Crippen LogP contribution >= 0.6 is 0 Å². The number of nitrogens with zero attached hydrogens (tertiary/aromatic N) is 1. The van der Waals surface area contributed by atoms with Crippen LogP contribution in [0.3, 0.4) is 0 Å². The molecule has 0 aliphatic carbocycles. The molecule has 0 amide bonds. The number of nitrogens with two attached hydrogens (primary N) is 1. The monoisotopic (exact) mass is 122 g/mol. The maximum absolute atomic E-state index is 7.10. The number of rotatable bonds is 0. The third-order valence-corrected chi connectivity index (χ3v) is 0. The summed E-state index contributed by atoms with van der Waals surface area (Å²) >= 11 is 0. The fourth-order valence-corrected chi connectivity index (χ4v) is 0. The van der Waals surface area contributed by atoms with Crippen molar-refractivity contribution in [1.29, 1.82) is 5.26 Å². The van der Waals surface area contributed by atoms with Crippen LogP contribution in [0.1, 0.15) is 0 Å². The van der Waals surface area contributed by atoms with Crippen molar-refractivity contribution in [3.63, 3.8) is 0 Å². The molecule has 0 fully saturated rings. The van der Waals surface area contributed by atoms with Crippen molar-refractivity contribution in [1.82, 2.24) is 0 Å². The second kappa shape index (κ2) is 41.9. The Morgan fingerprint density at radius 1 is 1.60 bits per heavy atom. The standard InChI is InChI=1S/CH2N2.O.Zn/c2-1-3;;/h2H2;;/q;-2;+2. The van der Waals surface area contributed by atoms with Crippen molar-refractivity contribution in [3.05, 3.63) is 0 Å². The van der Waals surface area contributed by atoms with E-state index in [-0.39, 0.29) is 25.0 Å². The van der Waals surface area contributed by atoms with Gasteiger partial charge in [-0.3, -0.25) is 0 Å². The Balaban J connectivity index is -0.0000000200. The van der Waals surface area contributed by atoms with Crippen LogP contribution in [-0.4, -0.2) is 0 Å². The topological polar surface area (TPSA) is 78.3 Å². The summed E-state index contributed by atoms with van der Waals surface area (Å²) in [5, 5.41) is 7.10. The molecule has 3 nitrogen and oxygen atoms in total. The molecule has 0 rings (SSSR count). The summed E-state index contributed by atoms with van der Waals surface area (Å²) in [6, 6.07) is 0. The fraction of sp³-hybridized carbons (Fsp3) is 0. The summed E-state index contributed by atoms with van der Waals surface area (Å²) in [5.41, 5.74) is 4.15. The van der Waals surface area contributed by atoms with Gasteiger partial charge < -0.3 is 11.2 Å². The number of nitriles is 1. The normalized spacial score (nSPS) is 1.40. The van der Waals surface area contributed by atoms with Crippen molar-refractivity contribution in [2.24, 2.45) is 5.73 Å². The van der Waals surface area contributed by atoms with E-state index in [1.54, 1.807) is 0 Å². The van der Waals surface area contributed by atoms with Crippen LogP contribution < -0.4 is 5.73 Å². The molecule has 0 radical (unpaired) electrons. The Morgan fingerprint density at radius 3 is 1.60 bits per heavy atom. The minimum Gasteiger partial charge on any atom is -2.00 e. The van der Waals surface area contributed by atoms with Crippen LogP contribution in [0.4, 0.5) is 0 Å². The molecule has 0 spiro atoms. The smallest absolute Gasteiger partial charge is 2.00 e. The van der Waals surface area contributed by atoms with Gasteiger partial charge in [-0.1, -0.05) is 0 Å². The van der Waals surface area contributed by atoms with E-state index in [1.807, 2.05) is 0 Å². The Morgan fingerprint density at radius 2 is 1.60 bits per heavy atom. The minimum absolute atomic E-state index is 0. The van der Waals surface area contributed by atoms with Gasteiger partial charge in [0.15, 0.2) is 6.19 Å². The van der Waals surface area contributed by atoms with Crippen molar-refractivity contribution in [2.45, 2.75) is 0 Å². The van der Waals surface area contributed by atoms with Gasteiger partial charge >= 0.3 is 19.5 Å². The zero-order chi connectivity index (χ0) is 2.71. The molecule has 0 aliphatic heterocycles. The average molecular weight is 123 g/mol. The molecule has 0 atom stereocenters. The van der Waals surface area contributed by atoms with Gasteiger partial charge in [-0.15, -0.1) is 0 Å². The average Bonchev–Trinajstić information content (AvgIpc) is 0.918. The Bertz CT molecular complexity index is 31.1. The molecule has 0 aromatic heterocycles. The number of hydrogen-bond donors (Lipinski definition) is 1. The molecule has 24 valence electrons. The molecule has 0 aliphatic rings. The minimum atomic E-state index is 0. The third-order valence-electron chi connectivity index (χ3n) is 0. The molecule has 0 aromatic carbocycles. The first kappa shape index (κ1) is 20.8. The van der Waals surface area contributed by atoms with Crippen LogP contribution in [0.2, 0.25) is 0 Å². The van der Waals surface area contributed by atoms with E-state index >= 15 is 0 Å². The Hall–Kier alpha value is -0.127. The van der Waals surface area contributed by atoms with Crippen molar-refractivity contribution in [3.8, 4) is 6.19 Å². The molecule has 0 unspecified atom stereocenters. The zero-order valence-electron chi connectivity index (χ0n) is 2.64. The zero-order valence-corrected chi connectivity index (χ0v) is 5.61. The molecule has 0 saturated heterocycles. The fourth-order valence-electron chi connectivity index (χ4n) is 0. The quantitative estimate of drug-likeness (QED) is 0.263. The first-order chi connectivity index (χ1) is 1.41. The van der Waals surface area contributed by atoms with E-state index in [4.69, 9.17) is 5.26 Å². The second-order valence-electron chi connectivity index (χ2n) is 0.129. The van der Waals surface area contributed by atoms with E-state index in [9.17, 15) is 0 Å². The summed E-state index contributed by atoms with van der Waals surface area (Å²) < 4.78 is 0. The SMILES string of the molecule is N#CN.[O-2].[Zn+2].